The summed E-state index contributed by atoms with van der Waals surface area (Å²) < 4.78 is 9.56. The van der Waals surface area contributed by atoms with E-state index < -0.39 is 6.09 Å². The van der Waals surface area contributed by atoms with Gasteiger partial charge in [0.25, 0.3) is 0 Å². The van der Waals surface area contributed by atoms with Crippen LogP contribution in [0.3, 0.4) is 0 Å². The third-order valence-electron chi connectivity index (χ3n) is 3.09. The van der Waals surface area contributed by atoms with Crippen LogP contribution in [-0.4, -0.2) is 40.5 Å². The predicted molar refractivity (Wildman–Crippen MR) is 86.5 cm³/mol. The first-order valence-electron chi connectivity index (χ1n) is 6.05. The summed E-state index contributed by atoms with van der Waals surface area (Å²) in [6, 6.07) is 0. The number of carbonyl (C=O) groups is 1. The Balaban J connectivity index is 2.12. The molecule has 2 N–H and O–H groups in total. The third kappa shape index (κ3) is 3.94. The first-order chi connectivity index (χ1) is 9.09. The summed E-state index contributed by atoms with van der Waals surface area (Å²) in [4.78, 5) is 15.2. The monoisotopic (exact) mass is 491 g/mol. The molecule has 19 heavy (non-hydrogen) atoms. The average molecular weight is 491 g/mol. The molecule has 1 saturated heterocycles. The summed E-state index contributed by atoms with van der Waals surface area (Å²) in [7, 11) is 0. The Hall–Kier alpha value is -0.100. The number of aromatic nitrogens is 2. The van der Waals surface area contributed by atoms with E-state index in [9.17, 15) is 4.79 Å². The molecule has 0 bridgehead atoms. The average Bonchev–Trinajstić information content (AvgIpc) is 2.68. The van der Waals surface area contributed by atoms with Gasteiger partial charge in [0.05, 0.1) is 0 Å². The Morgan fingerprint density at radius 3 is 2.79 bits per heavy atom. The number of nitrogens with one attached hydrogen (secondary N) is 1. The van der Waals surface area contributed by atoms with Crippen LogP contribution >= 0.6 is 45.2 Å². The number of ether oxygens (including phenoxy) is 1. The van der Waals surface area contributed by atoms with Crippen molar-refractivity contribution in [1.29, 1.82) is 0 Å². The molecule has 1 aliphatic heterocycles. The molecule has 1 amide bonds. The van der Waals surface area contributed by atoms with E-state index >= 15 is 0 Å². The van der Waals surface area contributed by atoms with Gasteiger partial charge in [-0.2, -0.15) is 0 Å². The second kappa shape index (κ2) is 7.07. The van der Waals surface area contributed by atoms with Gasteiger partial charge in [-0.15, -0.1) is 0 Å². The van der Waals surface area contributed by atoms with Gasteiger partial charge >= 0.3 is 6.09 Å². The number of hydrogen-bond donors (Lipinski definition) is 2. The van der Waals surface area contributed by atoms with Gasteiger partial charge in [-0.05, 0) is 58.0 Å². The van der Waals surface area contributed by atoms with E-state index in [1.165, 1.54) is 0 Å². The van der Waals surface area contributed by atoms with Gasteiger partial charge in [-0.1, -0.05) is 0 Å². The Bertz CT molecular complexity index is 458. The maximum absolute atomic E-state index is 10.5. The fourth-order valence-corrected chi connectivity index (χ4v) is 3.32. The van der Waals surface area contributed by atoms with Crippen molar-refractivity contribution in [2.75, 3.05) is 19.8 Å². The Labute approximate surface area is 138 Å². The number of hydrogen-bond acceptors (Lipinski definition) is 3. The fraction of sp³-hybridized carbons (Fsp3) is 0.636. The number of carboxylic acid groups (broad SMARTS) is 1. The highest BCUT2D eigenvalue weighted by Crippen LogP contribution is 2.29. The molecule has 0 radical (unpaired) electrons. The lowest BCUT2D eigenvalue weighted by atomic mass is 9.99. The molecule has 1 aromatic heterocycles. The first-order valence-corrected chi connectivity index (χ1v) is 8.21. The van der Waals surface area contributed by atoms with E-state index in [1.54, 1.807) is 0 Å². The van der Waals surface area contributed by atoms with Gasteiger partial charge in [0, 0.05) is 32.2 Å². The van der Waals surface area contributed by atoms with Crippen molar-refractivity contribution in [1.82, 2.24) is 14.9 Å². The van der Waals surface area contributed by atoms with Crippen LogP contribution < -0.4 is 5.32 Å². The maximum Gasteiger partial charge on any atom is 0.404 e. The Morgan fingerprint density at radius 2 is 2.16 bits per heavy atom. The zero-order valence-corrected chi connectivity index (χ0v) is 14.5. The van der Waals surface area contributed by atoms with Crippen LogP contribution in [0.1, 0.15) is 24.6 Å². The molecule has 6 nitrogen and oxygen atoms in total. The highest BCUT2D eigenvalue weighted by Gasteiger charge is 2.23. The number of rotatable bonds is 4. The zero-order valence-electron chi connectivity index (χ0n) is 10.2. The van der Waals surface area contributed by atoms with E-state index in [0.717, 1.165) is 39.3 Å². The van der Waals surface area contributed by atoms with E-state index in [1.807, 2.05) is 0 Å². The second-order valence-electron chi connectivity index (χ2n) is 4.32. The van der Waals surface area contributed by atoms with Crippen molar-refractivity contribution in [2.45, 2.75) is 25.3 Å². The molecule has 0 unspecified atom stereocenters. The Morgan fingerprint density at radius 1 is 1.47 bits per heavy atom. The predicted octanol–water partition coefficient (Wildman–Crippen LogP) is 2.25. The summed E-state index contributed by atoms with van der Waals surface area (Å²) in [6.45, 7) is 2.57. The zero-order chi connectivity index (χ0) is 13.8. The van der Waals surface area contributed by atoms with E-state index in [0.29, 0.717) is 19.0 Å². The fourth-order valence-electron chi connectivity index (χ4n) is 2.17. The van der Waals surface area contributed by atoms with Crippen LogP contribution in [-0.2, 0) is 11.3 Å². The highest BCUT2D eigenvalue weighted by atomic mass is 127. The normalized spacial score (nSPS) is 16.5. The second-order valence-corrected chi connectivity index (χ2v) is 6.37. The van der Waals surface area contributed by atoms with E-state index in [-0.39, 0.29) is 0 Å². The van der Waals surface area contributed by atoms with Crippen LogP contribution in [0.2, 0.25) is 0 Å². The topological polar surface area (TPSA) is 76.4 Å². The third-order valence-corrected chi connectivity index (χ3v) is 5.97. The molecule has 2 rings (SSSR count). The summed E-state index contributed by atoms with van der Waals surface area (Å²) in [5, 5.41) is 11.0. The SMILES string of the molecule is O=C(O)NCCn1c(C2CCOCC2)nc(I)c1I. The van der Waals surface area contributed by atoms with Crippen LogP contribution in [0.25, 0.3) is 0 Å². The molecule has 106 valence electrons. The lowest BCUT2D eigenvalue weighted by Gasteiger charge is -2.22. The lowest BCUT2D eigenvalue weighted by Crippen LogP contribution is -2.27. The number of nitrogens with zero attached hydrogens (tertiary/aromatic N) is 2. The molecule has 0 aromatic carbocycles. The van der Waals surface area contributed by atoms with Gasteiger partial charge in [0.15, 0.2) is 0 Å². The van der Waals surface area contributed by atoms with Crippen molar-refractivity contribution in [3.63, 3.8) is 0 Å². The van der Waals surface area contributed by atoms with Gasteiger partial charge in [0.2, 0.25) is 0 Å². The van der Waals surface area contributed by atoms with Crippen molar-refractivity contribution >= 4 is 51.3 Å². The van der Waals surface area contributed by atoms with Crippen LogP contribution in [0, 0.1) is 7.40 Å². The van der Waals surface area contributed by atoms with Gasteiger partial charge in [-0.25, -0.2) is 9.78 Å². The van der Waals surface area contributed by atoms with Crippen LogP contribution in [0.15, 0.2) is 0 Å². The van der Waals surface area contributed by atoms with Crippen LogP contribution in [0.4, 0.5) is 4.79 Å². The smallest absolute Gasteiger partial charge is 0.404 e. The minimum absolute atomic E-state index is 0.397. The summed E-state index contributed by atoms with van der Waals surface area (Å²) in [5.41, 5.74) is 0. The van der Waals surface area contributed by atoms with Crippen molar-refractivity contribution in [3.8, 4) is 0 Å². The van der Waals surface area contributed by atoms with Gasteiger partial charge < -0.3 is 19.7 Å². The lowest BCUT2D eigenvalue weighted by molar-refractivity contribution is 0.0827. The Kier molecular flexibility index (Phi) is 5.69. The number of imidazole rings is 1. The maximum atomic E-state index is 10.5. The standard InChI is InChI=1S/C11H15I2N3O3/c12-8-9(13)16(4-3-14-11(17)18)10(15-8)7-1-5-19-6-2-7/h7,14H,1-6H2,(H,17,18). The molecule has 1 aliphatic rings. The van der Waals surface area contributed by atoms with Gasteiger partial charge in [0.1, 0.15) is 13.2 Å². The largest absolute Gasteiger partial charge is 0.465 e. The molecular weight excluding hydrogens is 476 g/mol. The number of amides is 1. The molecule has 2 heterocycles. The summed E-state index contributed by atoms with van der Waals surface area (Å²) in [5.74, 6) is 1.47. The minimum atomic E-state index is -0.988. The van der Waals surface area contributed by atoms with Crippen LogP contribution in [0.5, 0.6) is 0 Å². The molecule has 0 atom stereocenters. The van der Waals surface area contributed by atoms with Crippen molar-refractivity contribution in [2.24, 2.45) is 0 Å². The molecule has 0 saturated carbocycles. The van der Waals surface area contributed by atoms with Gasteiger partial charge in [-0.3, -0.25) is 0 Å². The number of halogens is 2. The molecule has 0 spiro atoms. The molecule has 0 aliphatic carbocycles. The van der Waals surface area contributed by atoms with Crippen molar-refractivity contribution < 1.29 is 14.6 Å². The summed E-state index contributed by atoms with van der Waals surface area (Å²) in [6.07, 6.45) is 0.975. The minimum Gasteiger partial charge on any atom is -0.465 e. The molecule has 8 heteroatoms. The van der Waals surface area contributed by atoms with E-state index in [4.69, 9.17) is 9.84 Å². The van der Waals surface area contributed by atoms with Crippen molar-refractivity contribution in [3.05, 3.63) is 13.2 Å². The molecule has 1 aromatic rings. The highest BCUT2D eigenvalue weighted by molar-refractivity contribution is 14.1. The first kappa shape index (κ1) is 15.3. The summed E-state index contributed by atoms with van der Waals surface area (Å²) >= 11 is 4.49. The van der Waals surface area contributed by atoms with E-state index in [2.05, 4.69) is 60.0 Å². The molecule has 1 fully saturated rings. The molecular formula is C11H15I2N3O3. The quantitative estimate of drug-likeness (QED) is 0.635.